The van der Waals surface area contributed by atoms with Crippen LogP contribution in [0.25, 0.3) is 5.76 Å². The number of thiophene rings is 1. The lowest BCUT2D eigenvalue weighted by molar-refractivity contribution is -0.140. The van der Waals surface area contributed by atoms with Gasteiger partial charge in [-0.1, -0.05) is 19.9 Å². The standard InChI is InChI=1S/C25H25NO5S/c1-4-30-19-10-9-16(13-18(19)15(2)3)23(27)21-22(20-8-6-12-32-20)26(25(29)24(21)28)14-17-7-5-11-31-17/h5-13,15,22,27H,4,14H2,1-3H3/b23-21-. The zero-order valence-electron chi connectivity index (χ0n) is 18.2. The maximum absolute atomic E-state index is 13.1. The molecule has 1 atom stereocenters. The number of rotatable bonds is 7. The molecular weight excluding hydrogens is 426 g/mol. The molecular formula is C25H25NO5S. The third-order valence-corrected chi connectivity index (χ3v) is 6.39. The number of hydrogen-bond donors (Lipinski definition) is 1. The first-order chi connectivity index (χ1) is 15.4. The van der Waals surface area contributed by atoms with Crippen molar-refractivity contribution in [1.82, 2.24) is 4.90 Å². The Morgan fingerprint density at radius 1 is 1.22 bits per heavy atom. The molecule has 3 aromatic rings. The van der Waals surface area contributed by atoms with Gasteiger partial charge < -0.3 is 19.2 Å². The molecule has 2 aromatic heterocycles. The summed E-state index contributed by atoms with van der Waals surface area (Å²) in [6.07, 6.45) is 1.53. The molecule has 166 valence electrons. The molecule has 0 radical (unpaired) electrons. The molecule has 0 saturated carbocycles. The van der Waals surface area contributed by atoms with E-state index in [0.717, 1.165) is 16.2 Å². The summed E-state index contributed by atoms with van der Waals surface area (Å²) in [6, 6.07) is 11.9. The molecule has 1 saturated heterocycles. The Bertz CT molecular complexity index is 1150. The molecule has 1 aromatic carbocycles. The molecule has 7 heteroatoms. The summed E-state index contributed by atoms with van der Waals surface area (Å²) >= 11 is 1.43. The van der Waals surface area contributed by atoms with Crippen LogP contribution in [0.1, 0.15) is 54.5 Å². The molecule has 1 N–H and O–H groups in total. The average Bonchev–Trinajstić information content (AvgIpc) is 3.53. The Morgan fingerprint density at radius 2 is 2.03 bits per heavy atom. The fourth-order valence-electron chi connectivity index (χ4n) is 3.95. The first-order valence-electron chi connectivity index (χ1n) is 10.5. The topological polar surface area (TPSA) is 80.0 Å². The molecule has 1 fully saturated rings. The van der Waals surface area contributed by atoms with Gasteiger partial charge in [0.1, 0.15) is 23.3 Å². The van der Waals surface area contributed by atoms with E-state index in [2.05, 4.69) is 0 Å². The van der Waals surface area contributed by atoms with E-state index < -0.39 is 17.7 Å². The number of amides is 1. The van der Waals surface area contributed by atoms with Crippen LogP contribution in [0.15, 0.2) is 64.1 Å². The lowest BCUT2D eigenvalue weighted by Gasteiger charge is -2.23. The summed E-state index contributed by atoms with van der Waals surface area (Å²) in [4.78, 5) is 28.3. The van der Waals surface area contributed by atoms with E-state index >= 15 is 0 Å². The highest BCUT2D eigenvalue weighted by atomic mass is 32.1. The van der Waals surface area contributed by atoms with Crippen molar-refractivity contribution >= 4 is 28.8 Å². The molecule has 0 bridgehead atoms. The highest BCUT2D eigenvalue weighted by molar-refractivity contribution is 7.10. The number of benzene rings is 1. The largest absolute Gasteiger partial charge is 0.507 e. The van der Waals surface area contributed by atoms with E-state index in [1.807, 2.05) is 44.4 Å². The van der Waals surface area contributed by atoms with Crippen molar-refractivity contribution in [1.29, 1.82) is 0 Å². The summed E-state index contributed by atoms with van der Waals surface area (Å²) in [5, 5.41) is 13.2. The van der Waals surface area contributed by atoms with Crippen molar-refractivity contribution in [3.05, 3.63) is 81.4 Å². The van der Waals surface area contributed by atoms with Gasteiger partial charge in [-0.2, -0.15) is 0 Å². The van der Waals surface area contributed by atoms with E-state index in [1.165, 1.54) is 22.5 Å². The summed E-state index contributed by atoms with van der Waals surface area (Å²) in [6.45, 7) is 6.66. The number of carbonyl (C=O) groups excluding carboxylic acids is 2. The van der Waals surface area contributed by atoms with Crippen LogP contribution in [0.5, 0.6) is 5.75 Å². The van der Waals surface area contributed by atoms with Gasteiger partial charge in [0.05, 0.1) is 25.0 Å². The van der Waals surface area contributed by atoms with Crippen molar-refractivity contribution in [2.45, 2.75) is 39.3 Å². The molecule has 1 unspecified atom stereocenters. The highest BCUT2D eigenvalue weighted by Gasteiger charge is 2.46. The number of aliphatic hydroxyl groups is 1. The van der Waals surface area contributed by atoms with Crippen LogP contribution in [-0.4, -0.2) is 28.3 Å². The van der Waals surface area contributed by atoms with Gasteiger partial charge >= 0.3 is 0 Å². The van der Waals surface area contributed by atoms with Gasteiger partial charge in [0.15, 0.2) is 0 Å². The first kappa shape index (κ1) is 21.9. The number of carbonyl (C=O) groups is 2. The minimum atomic E-state index is -0.701. The lowest BCUT2D eigenvalue weighted by Crippen LogP contribution is -2.28. The Hall–Kier alpha value is -3.32. The number of nitrogens with zero attached hydrogens (tertiary/aromatic N) is 1. The average molecular weight is 452 g/mol. The van der Waals surface area contributed by atoms with Crippen molar-refractivity contribution in [3.63, 3.8) is 0 Å². The van der Waals surface area contributed by atoms with Crippen molar-refractivity contribution in [3.8, 4) is 5.75 Å². The van der Waals surface area contributed by atoms with E-state index in [1.54, 1.807) is 24.3 Å². The first-order valence-corrected chi connectivity index (χ1v) is 11.4. The van der Waals surface area contributed by atoms with Crippen LogP contribution in [0.3, 0.4) is 0 Å². The molecule has 6 nitrogen and oxygen atoms in total. The Kier molecular flexibility index (Phi) is 6.19. The van der Waals surface area contributed by atoms with Crippen LogP contribution in [0, 0.1) is 0 Å². The van der Waals surface area contributed by atoms with Crippen LogP contribution in [-0.2, 0) is 16.1 Å². The zero-order chi connectivity index (χ0) is 22.8. The smallest absolute Gasteiger partial charge is 0.296 e. The molecule has 0 aliphatic carbocycles. The molecule has 32 heavy (non-hydrogen) atoms. The Labute approximate surface area is 190 Å². The monoisotopic (exact) mass is 451 g/mol. The molecule has 1 amide bonds. The number of aliphatic hydroxyl groups excluding tert-OH is 1. The van der Waals surface area contributed by atoms with E-state index in [9.17, 15) is 14.7 Å². The van der Waals surface area contributed by atoms with Gasteiger partial charge in [0.2, 0.25) is 0 Å². The fraction of sp³-hybridized carbons (Fsp3) is 0.280. The Balaban J connectivity index is 1.83. The maximum Gasteiger partial charge on any atom is 0.296 e. The number of ether oxygens (including phenoxy) is 1. The summed E-state index contributed by atoms with van der Waals surface area (Å²) < 4.78 is 11.1. The van der Waals surface area contributed by atoms with Crippen molar-refractivity contribution in [2.75, 3.05) is 6.61 Å². The van der Waals surface area contributed by atoms with Crippen LogP contribution in [0.2, 0.25) is 0 Å². The lowest BCUT2D eigenvalue weighted by atomic mass is 9.95. The fourth-order valence-corrected chi connectivity index (χ4v) is 4.79. The second-order valence-electron chi connectivity index (χ2n) is 7.86. The van der Waals surface area contributed by atoms with Crippen molar-refractivity contribution in [2.24, 2.45) is 0 Å². The second kappa shape index (κ2) is 9.04. The van der Waals surface area contributed by atoms with Gasteiger partial charge in [-0.25, -0.2) is 0 Å². The molecule has 4 rings (SSSR count). The van der Waals surface area contributed by atoms with Crippen LogP contribution in [0.4, 0.5) is 0 Å². The summed E-state index contributed by atoms with van der Waals surface area (Å²) in [7, 11) is 0. The number of likely N-dealkylation sites (tertiary alicyclic amines) is 1. The van der Waals surface area contributed by atoms with Crippen LogP contribution >= 0.6 is 11.3 Å². The van der Waals surface area contributed by atoms with Gasteiger partial charge in [-0.15, -0.1) is 11.3 Å². The number of furan rings is 1. The van der Waals surface area contributed by atoms with E-state index in [0.29, 0.717) is 17.9 Å². The SMILES string of the molecule is CCOc1ccc(/C(O)=C2/C(=O)C(=O)N(Cc3ccco3)C2c2cccs2)cc1C(C)C. The minimum Gasteiger partial charge on any atom is -0.507 e. The predicted molar refractivity (Wildman–Crippen MR) is 123 cm³/mol. The molecule has 1 aliphatic rings. The quantitative estimate of drug-likeness (QED) is 0.292. The molecule has 3 heterocycles. The Morgan fingerprint density at radius 3 is 2.66 bits per heavy atom. The second-order valence-corrected chi connectivity index (χ2v) is 8.84. The van der Waals surface area contributed by atoms with Gasteiger partial charge in [-0.3, -0.25) is 9.59 Å². The third-order valence-electron chi connectivity index (χ3n) is 5.46. The van der Waals surface area contributed by atoms with Gasteiger partial charge in [0.25, 0.3) is 11.7 Å². The maximum atomic E-state index is 13.1. The summed E-state index contributed by atoms with van der Waals surface area (Å²) in [5.41, 5.74) is 1.49. The third kappa shape index (κ3) is 3.96. The number of ketones is 1. The van der Waals surface area contributed by atoms with Gasteiger partial charge in [0, 0.05) is 10.4 Å². The van der Waals surface area contributed by atoms with Crippen molar-refractivity contribution < 1.29 is 23.8 Å². The van der Waals surface area contributed by atoms with E-state index in [-0.39, 0.29) is 23.8 Å². The molecule has 1 aliphatic heterocycles. The minimum absolute atomic E-state index is 0.0860. The number of hydrogen-bond acceptors (Lipinski definition) is 6. The van der Waals surface area contributed by atoms with E-state index in [4.69, 9.17) is 9.15 Å². The molecule has 0 spiro atoms. The summed E-state index contributed by atoms with van der Waals surface area (Å²) in [5.74, 6) is -0.0834. The number of Topliss-reactive ketones (excluding diaryl/α,β-unsaturated/α-hetero) is 1. The van der Waals surface area contributed by atoms with Crippen LogP contribution < -0.4 is 4.74 Å². The predicted octanol–water partition coefficient (Wildman–Crippen LogP) is 5.49. The normalized spacial score (nSPS) is 18.0. The van der Waals surface area contributed by atoms with Gasteiger partial charge in [-0.05, 0) is 60.2 Å². The zero-order valence-corrected chi connectivity index (χ0v) is 19.0. The highest BCUT2D eigenvalue weighted by Crippen LogP contribution is 2.42.